The highest BCUT2D eigenvalue weighted by molar-refractivity contribution is 5.50. The lowest BCUT2D eigenvalue weighted by atomic mass is 10.1. The van der Waals surface area contributed by atoms with E-state index in [4.69, 9.17) is 4.74 Å². The van der Waals surface area contributed by atoms with Crippen LogP contribution in [0.5, 0.6) is 5.75 Å². The maximum absolute atomic E-state index is 11.5. The first-order valence-corrected chi connectivity index (χ1v) is 7.80. The normalized spacial score (nSPS) is 11.4. The average Bonchev–Trinajstić information content (AvgIpc) is 2.58. The van der Waals surface area contributed by atoms with Gasteiger partial charge >= 0.3 is 0 Å². The molecule has 2 aromatic rings. The molecule has 0 aliphatic carbocycles. The molecule has 0 saturated heterocycles. The van der Waals surface area contributed by atoms with Gasteiger partial charge in [0.1, 0.15) is 12.4 Å². The molecule has 116 valence electrons. The van der Waals surface area contributed by atoms with E-state index in [1.807, 2.05) is 54.6 Å². The van der Waals surface area contributed by atoms with Gasteiger partial charge in [0.05, 0.1) is 0 Å². The standard InChI is InChI=1S/C19H23NO2/c1-2-3-14-20(21)15-13-17-9-11-19(12-10-17)22-16-18-7-5-4-6-8-18/h4-12,14H,2-3,13,15-16H2,1H3/b20-14-. The maximum atomic E-state index is 11.5. The lowest BCUT2D eigenvalue weighted by Crippen LogP contribution is -2.09. The summed E-state index contributed by atoms with van der Waals surface area (Å²) in [6.45, 7) is 3.14. The van der Waals surface area contributed by atoms with Crippen molar-refractivity contribution >= 4 is 6.21 Å². The SMILES string of the molecule is CCC/C=[N+](\[O-])CCc1ccc(OCc2ccccc2)cc1. The van der Waals surface area contributed by atoms with Crippen LogP contribution in [0.2, 0.25) is 0 Å². The van der Waals surface area contributed by atoms with Crippen molar-refractivity contribution in [3.8, 4) is 5.75 Å². The molecule has 0 aromatic heterocycles. The molecule has 0 amide bonds. The number of hydrogen-bond acceptors (Lipinski definition) is 2. The van der Waals surface area contributed by atoms with Gasteiger partial charge in [0.2, 0.25) is 0 Å². The van der Waals surface area contributed by atoms with Crippen molar-refractivity contribution < 1.29 is 9.48 Å². The Hall–Kier alpha value is -2.29. The Bertz CT molecular complexity index is 576. The molecule has 0 aliphatic rings. The van der Waals surface area contributed by atoms with E-state index >= 15 is 0 Å². The Balaban J connectivity index is 1.80. The van der Waals surface area contributed by atoms with E-state index < -0.39 is 0 Å². The van der Waals surface area contributed by atoms with E-state index in [2.05, 4.69) is 6.92 Å². The molecule has 0 heterocycles. The van der Waals surface area contributed by atoms with Crippen LogP contribution in [0.1, 0.15) is 30.9 Å². The largest absolute Gasteiger partial charge is 0.624 e. The van der Waals surface area contributed by atoms with Gasteiger partial charge < -0.3 is 9.94 Å². The van der Waals surface area contributed by atoms with Crippen LogP contribution in [0.15, 0.2) is 54.6 Å². The van der Waals surface area contributed by atoms with E-state index in [-0.39, 0.29) is 0 Å². The van der Waals surface area contributed by atoms with Gasteiger partial charge in [-0.25, -0.2) is 4.74 Å². The predicted molar refractivity (Wildman–Crippen MR) is 90.4 cm³/mol. The maximum Gasteiger partial charge on any atom is 0.157 e. The zero-order valence-electron chi connectivity index (χ0n) is 13.1. The molecule has 0 radical (unpaired) electrons. The Morgan fingerprint density at radius 3 is 2.41 bits per heavy atom. The number of rotatable bonds is 8. The van der Waals surface area contributed by atoms with Crippen molar-refractivity contribution in [3.63, 3.8) is 0 Å². The molecular formula is C19H23NO2. The average molecular weight is 297 g/mol. The number of ether oxygens (including phenoxy) is 1. The zero-order chi connectivity index (χ0) is 15.6. The first-order chi connectivity index (χ1) is 10.8. The van der Waals surface area contributed by atoms with Crippen molar-refractivity contribution in [2.45, 2.75) is 32.8 Å². The summed E-state index contributed by atoms with van der Waals surface area (Å²) in [5.74, 6) is 0.851. The smallest absolute Gasteiger partial charge is 0.157 e. The molecule has 3 heteroatoms. The van der Waals surface area contributed by atoms with Gasteiger partial charge in [-0.1, -0.05) is 49.4 Å². The van der Waals surface area contributed by atoms with E-state index in [0.717, 1.165) is 40.9 Å². The highest BCUT2D eigenvalue weighted by Gasteiger charge is 2.00. The van der Waals surface area contributed by atoms with Crippen molar-refractivity contribution in [2.24, 2.45) is 0 Å². The van der Waals surface area contributed by atoms with Gasteiger partial charge in [0.25, 0.3) is 0 Å². The number of unbranched alkanes of at least 4 members (excludes halogenated alkanes) is 1. The van der Waals surface area contributed by atoms with Crippen LogP contribution < -0.4 is 4.74 Å². The van der Waals surface area contributed by atoms with Crippen LogP contribution >= 0.6 is 0 Å². The van der Waals surface area contributed by atoms with Crippen molar-refractivity contribution in [1.82, 2.24) is 0 Å². The van der Waals surface area contributed by atoms with Gasteiger partial charge in [-0.05, 0) is 29.7 Å². The van der Waals surface area contributed by atoms with Crippen LogP contribution in [0.25, 0.3) is 0 Å². The summed E-state index contributed by atoms with van der Waals surface area (Å²) in [7, 11) is 0. The third-order valence-electron chi connectivity index (χ3n) is 3.41. The molecule has 0 unspecified atom stereocenters. The van der Waals surface area contributed by atoms with Crippen molar-refractivity contribution in [1.29, 1.82) is 0 Å². The Morgan fingerprint density at radius 2 is 1.73 bits per heavy atom. The minimum absolute atomic E-state index is 0.504. The minimum atomic E-state index is 0.504. The van der Waals surface area contributed by atoms with Gasteiger partial charge in [-0.3, -0.25) is 0 Å². The van der Waals surface area contributed by atoms with Crippen LogP contribution in [0.4, 0.5) is 0 Å². The summed E-state index contributed by atoms with van der Waals surface area (Å²) in [6.07, 6.45) is 4.32. The zero-order valence-corrected chi connectivity index (χ0v) is 13.1. The molecule has 0 saturated carbocycles. The molecule has 3 nitrogen and oxygen atoms in total. The Labute approximate surface area is 132 Å². The molecule has 0 atom stereocenters. The van der Waals surface area contributed by atoms with E-state index in [0.29, 0.717) is 13.2 Å². The number of hydroxylamine groups is 1. The summed E-state index contributed by atoms with van der Waals surface area (Å²) in [5.41, 5.74) is 2.30. The van der Waals surface area contributed by atoms with Gasteiger partial charge in [0.15, 0.2) is 12.8 Å². The molecule has 22 heavy (non-hydrogen) atoms. The summed E-state index contributed by atoms with van der Waals surface area (Å²) in [6, 6.07) is 18.1. The topological polar surface area (TPSA) is 35.3 Å². The Kier molecular flexibility index (Phi) is 6.49. The fraction of sp³-hybridized carbons (Fsp3) is 0.316. The molecule has 0 aliphatic heterocycles. The second-order valence-electron chi connectivity index (χ2n) is 5.28. The monoisotopic (exact) mass is 297 g/mol. The first kappa shape index (κ1) is 16.1. The third kappa shape index (κ3) is 5.60. The predicted octanol–water partition coefficient (Wildman–Crippen LogP) is 4.19. The van der Waals surface area contributed by atoms with Crippen molar-refractivity contribution in [2.75, 3.05) is 6.54 Å². The molecule has 0 bridgehead atoms. The summed E-state index contributed by atoms with van der Waals surface area (Å²) in [4.78, 5) is 0. The quantitative estimate of drug-likeness (QED) is 0.317. The van der Waals surface area contributed by atoms with Crippen LogP contribution in [0, 0.1) is 5.21 Å². The molecule has 2 aromatic carbocycles. The second kappa shape index (κ2) is 8.88. The highest BCUT2D eigenvalue weighted by atomic mass is 16.5. The minimum Gasteiger partial charge on any atom is -0.624 e. The number of benzene rings is 2. The fourth-order valence-electron chi connectivity index (χ4n) is 2.10. The van der Waals surface area contributed by atoms with Crippen LogP contribution in [0.3, 0.4) is 0 Å². The lowest BCUT2D eigenvalue weighted by Gasteiger charge is -2.08. The molecule has 2 rings (SSSR count). The third-order valence-corrected chi connectivity index (χ3v) is 3.41. The molecule has 0 N–H and O–H groups in total. The van der Waals surface area contributed by atoms with Crippen molar-refractivity contribution in [3.05, 3.63) is 70.9 Å². The van der Waals surface area contributed by atoms with Gasteiger partial charge in [-0.2, -0.15) is 0 Å². The molecule has 0 spiro atoms. The van der Waals surface area contributed by atoms with Gasteiger partial charge in [-0.15, -0.1) is 0 Å². The first-order valence-electron chi connectivity index (χ1n) is 7.80. The van der Waals surface area contributed by atoms with Crippen LogP contribution in [-0.2, 0) is 13.0 Å². The second-order valence-corrected chi connectivity index (χ2v) is 5.28. The summed E-state index contributed by atoms with van der Waals surface area (Å²) >= 11 is 0. The summed E-state index contributed by atoms with van der Waals surface area (Å²) < 4.78 is 6.78. The van der Waals surface area contributed by atoms with Gasteiger partial charge in [0, 0.05) is 12.8 Å². The molecular weight excluding hydrogens is 274 g/mol. The highest BCUT2D eigenvalue weighted by Crippen LogP contribution is 2.14. The van der Waals surface area contributed by atoms with E-state index in [9.17, 15) is 5.21 Å². The summed E-state index contributed by atoms with van der Waals surface area (Å²) in [5, 5.41) is 11.5. The Morgan fingerprint density at radius 1 is 1.00 bits per heavy atom. The fourth-order valence-corrected chi connectivity index (χ4v) is 2.10. The lowest BCUT2D eigenvalue weighted by molar-refractivity contribution is -0.453. The van der Waals surface area contributed by atoms with E-state index in [1.54, 1.807) is 6.21 Å². The number of hydrogen-bond donors (Lipinski definition) is 0. The van der Waals surface area contributed by atoms with E-state index in [1.165, 1.54) is 0 Å². The number of nitrogens with zero attached hydrogens (tertiary/aromatic N) is 1. The van der Waals surface area contributed by atoms with Crippen LogP contribution in [-0.4, -0.2) is 17.5 Å². The molecule has 0 fully saturated rings.